The minimum atomic E-state index is -0.337. The standard InChI is InChI=1S/C27H27ClN2O5/c1-33-24(31)13-6-16-4-2-3-5-17(16)14-20-22-11-12-23(35-22)25(20)27-30-21(15-34-27)26(32)29-19-9-7-18(28)8-10-19/h2-5,7-10,15,20,22-23,25H,6,11-14H2,1H3,(H,29,32)/t20-,22-,23+,25-/m0/s1. The zero-order chi connectivity index (χ0) is 24.4. The molecule has 3 heterocycles. The third-order valence-corrected chi connectivity index (χ3v) is 7.22. The van der Waals surface area contributed by atoms with Gasteiger partial charge in [-0.1, -0.05) is 35.9 Å². The molecule has 5 rings (SSSR count). The van der Waals surface area contributed by atoms with Gasteiger partial charge >= 0.3 is 5.97 Å². The summed E-state index contributed by atoms with van der Waals surface area (Å²) in [7, 11) is 1.41. The topological polar surface area (TPSA) is 90.7 Å². The van der Waals surface area contributed by atoms with E-state index in [1.807, 2.05) is 12.1 Å². The Bertz CT molecular complexity index is 1210. The van der Waals surface area contributed by atoms with Crippen molar-refractivity contribution >= 4 is 29.2 Å². The van der Waals surface area contributed by atoms with Crippen LogP contribution in [0.4, 0.5) is 5.69 Å². The van der Waals surface area contributed by atoms with Gasteiger partial charge in [-0.05, 0) is 61.1 Å². The molecule has 0 aliphatic carbocycles. The molecular formula is C27H27ClN2O5. The van der Waals surface area contributed by atoms with E-state index in [1.54, 1.807) is 24.3 Å². The SMILES string of the molecule is COC(=O)CCc1ccccc1C[C@@H]1[C@H](c2nc(C(=O)Nc3ccc(Cl)cc3)co2)[C@H]2CC[C@@H]1O2. The van der Waals surface area contributed by atoms with E-state index in [-0.39, 0.29) is 41.6 Å². The maximum absolute atomic E-state index is 12.7. The highest BCUT2D eigenvalue weighted by Gasteiger charge is 2.51. The van der Waals surface area contributed by atoms with Crippen LogP contribution in [-0.2, 0) is 27.1 Å². The Labute approximate surface area is 208 Å². The van der Waals surface area contributed by atoms with Crippen LogP contribution in [0.1, 0.15) is 52.7 Å². The third-order valence-electron chi connectivity index (χ3n) is 6.97. The maximum Gasteiger partial charge on any atom is 0.305 e. The molecule has 1 aromatic heterocycles. The first kappa shape index (κ1) is 23.6. The number of aromatic nitrogens is 1. The van der Waals surface area contributed by atoms with Gasteiger partial charge in [-0.15, -0.1) is 0 Å². The molecule has 8 heteroatoms. The van der Waals surface area contributed by atoms with Crippen LogP contribution in [0.3, 0.4) is 0 Å². The van der Waals surface area contributed by atoms with Crippen molar-refractivity contribution in [1.29, 1.82) is 0 Å². The van der Waals surface area contributed by atoms with Crippen molar-refractivity contribution < 1.29 is 23.5 Å². The number of anilines is 1. The number of amides is 1. The predicted molar refractivity (Wildman–Crippen MR) is 131 cm³/mol. The highest BCUT2D eigenvalue weighted by molar-refractivity contribution is 6.30. The highest BCUT2D eigenvalue weighted by atomic mass is 35.5. The second kappa shape index (κ2) is 10.2. The molecule has 2 saturated heterocycles. The molecule has 2 fully saturated rings. The Morgan fingerprint density at radius 3 is 2.60 bits per heavy atom. The molecule has 2 aliphatic rings. The van der Waals surface area contributed by atoms with Crippen molar-refractivity contribution in [3.05, 3.63) is 82.5 Å². The maximum atomic E-state index is 12.7. The van der Waals surface area contributed by atoms with E-state index in [1.165, 1.54) is 18.9 Å². The molecule has 4 atom stereocenters. The second-order valence-corrected chi connectivity index (χ2v) is 9.50. The summed E-state index contributed by atoms with van der Waals surface area (Å²) in [6.45, 7) is 0. The van der Waals surface area contributed by atoms with Crippen molar-refractivity contribution in [3.63, 3.8) is 0 Å². The summed E-state index contributed by atoms with van der Waals surface area (Å²) in [6.07, 6.45) is 5.27. The minimum Gasteiger partial charge on any atom is -0.469 e. The van der Waals surface area contributed by atoms with E-state index >= 15 is 0 Å². The number of ether oxygens (including phenoxy) is 2. The van der Waals surface area contributed by atoms with Crippen LogP contribution in [0.5, 0.6) is 0 Å². The Hall–Kier alpha value is -3.16. The lowest BCUT2D eigenvalue weighted by Gasteiger charge is -2.26. The monoisotopic (exact) mass is 494 g/mol. The number of esters is 1. The first-order valence-electron chi connectivity index (χ1n) is 11.8. The van der Waals surface area contributed by atoms with E-state index in [2.05, 4.69) is 22.4 Å². The number of hydrogen-bond donors (Lipinski definition) is 1. The first-order valence-corrected chi connectivity index (χ1v) is 12.2. The Morgan fingerprint density at radius 2 is 1.83 bits per heavy atom. The number of methoxy groups -OCH3 is 1. The predicted octanol–water partition coefficient (Wildman–Crippen LogP) is 5.19. The molecule has 7 nitrogen and oxygen atoms in total. The van der Waals surface area contributed by atoms with Gasteiger partial charge < -0.3 is 19.2 Å². The van der Waals surface area contributed by atoms with Gasteiger partial charge in [-0.25, -0.2) is 4.98 Å². The minimum absolute atomic E-state index is 0.0260. The number of nitrogens with one attached hydrogen (secondary N) is 1. The highest BCUT2D eigenvalue weighted by Crippen LogP contribution is 2.50. The molecule has 2 aromatic carbocycles. The lowest BCUT2D eigenvalue weighted by Crippen LogP contribution is -2.28. The number of fused-ring (bicyclic) bond motifs is 2. The van der Waals surface area contributed by atoms with Crippen molar-refractivity contribution in [1.82, 2.24) is 4.98 Å². The summed E-state index contributed by atoms with van der Waals surface area (Å²) < 4.78 is 16.9. The fraction of sp³-hybridized carbons (Fsp3) is 0.370. The zero-order valence-electron chi connectivity index (χ0n) is 19.4. The lowest BCUT2D eigenvalue weighted by atomic mass is 9.75. The van der Waals surface area contributed by atoms with E-state index in [9.17, 15) is 9.59 Å². The Balaban J connectivity index is 1.32. The van der Waals surface area contributed by atoms with E-state index in [0.29, 0.717) is 29.4 Å². The third kappa shape index (κ3) is 5.11. The average molecular weight is 495 g/mol. The van der Waals surface area contributed by atoms with E-state index in [0.717, 1.165) is 24.8 Å². The number of aryl methyl sites for hydroxylation is 1. The van der Waals surface area contributed by atoms with Crippen LogP contribution >= 0.6 is 11.6 Å². The summed E-state index contributed by atoms with van der Waals surface area (Å²) >= 11 is 5.92. The van der Waals surface area contributed by atoms with Gasteiger partial charge in [0.15, 0.2) is 5.69 Å². The van der Waals surface area contributed by atoms with E-state index in [4.69, 9.17) is 25.5 Å². The molecule has 0 unspecified atom stereocenters. The van der Waals surface area contributed by atoms with Gasteiger partial charge in [0.25, 0.3) is 5.91 Å². The van der Waals surface area contributed by atoms with Crippen LogP contribution in [0.2, 0.25) is 5.02 Å². The van der Waals surface area contributed by atoms with Crippen molar-refractivity contribution in [2.45, 2.75) is 50.2 Å². The lowest BCUT2D eigenvalue weighted by molar-refractivity contribution is -0.140. The van der Waals surface area contributed by atoms with Gasteiger partial charge in [0.1, 0.15) is 6.26 Å². The summed E-state index contributed by atoms with van der Waals surface area (Å²) in [6, 6.07) is 15.1. The number of carbonyl (C=O) groups is 2. The van der Waals surface area contributed by atoms with Gasteiger partial charge in [-0.3, -0.25) is 9.59 Å². The number of carbonyl (C=O) groups excluding carboxylic acids is 2. The van der Waals surface area contributed by atoms with Gasteiger partial charge in [0.05, 0.1) is 25.2 Å². The number of rotatable bonds is 8. The van der Waals surface area contributed by atoms with Crippen LogP contribution < -0.4 is 5.32 Å². The number of hydrogen-bond acceptors (Lipinski definition) is 6. The molecule has 2 aliphatic heterocycles. The Kier molecular flexibility index (Phi) is 6.88. The van der Waals surface area contributed by atoms with Gasteiger partial charge in [-0.2, -0.15) is 0 Å². The first-order chi connectivity index (χ1) is 17.0. The second-order valence-electron chi connectivity index (χ2n) is 9.06. The average Bonchev–Trinajstić information content (AvgIpc) is 3.61. The molecule has 1 amide bonds. The largest absolute Gasteiger partial charge is 0.469 e. The summed E-state index contributed by atoms with van der Waals surface area (Å²) in [5.41, 5.74) is 3.19. The molecular weight excluding hydrogens is 468 g/mol. The number of benzene rings is 2. The number of oxazole rings is 1. The fourth-order valence-corrected chi connectivity index (χ4v) is 5.37. The molecule has 2 bridgehead atoms. The summed E-state index contributed by atoms with van der Waals surface area (Å²) in [5.74, 6) is 0.134. The molecule has 182 valence electrons. The van der Waals surface area contributed by atoms with Crippen molar-refractivity contribution in [2.24, 2.45) is 5.92 Å². The molecule has 0 radical (unpaired) electrons. The fourth-order valence-electron chi connectivity index (χ4n) is 5.24. The van der Waals surface area contributed by atoms with Crippen molar-refractivity contribution in [3.8, 4) is 0 Å². The molecule has 0 spiro atoms. The van der Waals surface area contributed by atoms with Crippen LogP contribution in [0.15, 0.2) is 59.2 Å². The number of nitrogens with zero attached hydrogens (tertiary/aromatic N) is 1. The Morgan fingerprint density at radius 1 is 1.09 bits per heavy atom. The summed E-state index contributed by atoms with van der Waals surface area (Å²) in [5, 5.41) is 3.42. The molecule has 3 aromatic rings. The molecule has 0 saturated carbocycles. The normalized spacial score (nSPS) is 22.8. The van der Waals surface area contributed by atoms with Crippen LogP contribution in [0.25, 0.3) is 0 Å². The van der Waals surface area contributed by atoms with Gasteiger partial charge in [0.2, 0.25) is 5.89 Å². The van der Waals surface area contributed by atoms with E-state index < -0.39 is 0 Å². The smallest absolute Gasteiger partial charge is 0.305 e. The van der Waals surface area contributed by atoms with Gasteiger partial charge in [0, 0.05) is 23.0 Å². The van der Waals surface area contributed by atoms with Crippen LogP contribution in [0, 0.1) is 5.92 Å². The van der Waals surface area contributed by atoms with Crippen LogP contribution in [-0.4, -0.2) is 36.2 Å². The zero-order valence-corrected chi connectivity index (χ0v) is 20.2. The molecule has 35 heavy (non-hydrogen) atoms. The van der Waals surface area contributed by atoms with Crippen molar-refractivity contribution in [2.75, 3.05) is 12.4 Å². The molecule has 1 N–H and O–H groups in total. The number of halogens is 1. The quantitative estimate of drug-likeness (QED) is 0.433. The summed E-state index contributed by atoms with van der Waals surface area (Å²) in [4.78, 5) is 29.0.